The van der Waals surface area contributed by atoms with E-state index in [0.29, 0.717) is 30.6 Å². The van der Waals surface area contributed by atoms with Gasteiger partial charge in [-0.3, -0.25) is 4.90 Å². The molecule has 21 heavy (non-hydrogen) atoms. The summed E-state index contributed by atoms with van der Waals surface area (Å²) in [6, 6.07) is 2.25. The number of hydrogen-bond donors (Lipinski definition) is 1. The molecular weight excluding hydrogens is 306 g/mol. The van der Waals surface area contributed by atoms with Gasteiger partial charge in [0.1, 0.15) is 0 Å². The first-order valence-electron chi connectivity index (χ1n) is 7.45. The second kappa shape index (κ2) is 7.19. The van der Waals surface area contributed by atoms with E-state index in [4.69, 9.17) is 0 Å². The van der Waals surface area contributed by atoms with Crippen LogP contribution in [0, 0.1) is 0 Å². The maximum atomic E-state index is 12.8. The first kappa shape index (κ1) is 16.9. The molecular formula is C14H25N3O2S2. The number of nitrogens with one attached hydrogen (secondary N) is 1. The van der Waals surface area contributed by atoms with Crippen molar-refractivity contribution < 1.29 is 8.42 Å². The topological polar surface area (TPSA) is 52.7 Å². The number of hydrogen-bond acceptors (Lipinski definition) is 5. The Hall–Kier alpha value is -0.470. The van der Waals surface area contributed by atoms with Gasteiger partial charge in [0.25, 0.3) is 0 Å². The lowest BCUT2D eigenvalue weighted by molar-refractivity contribution is 0.142. The zero-order valence-corrected chi connectivity index (χ0v) is 14.6. The first-order valence-corrected chi connectivity index (χ1v) is 9.77. The van der Waals surface area contributed by atoms with Crippen LogP contribution in [0.25, 0.3) is 0 Å². The maximum Gasteiger partial charge on any atom is 0.244 e. The molecule has 2 rings (SSSR count). The van der Waals surface area contributed by atoms with E-state index in [1.54, 1.807) is 10.4 Å². The van der Waals surface area contributed by atoms with Gasteiger partial charge in [-0.2, -0.15) is 4.31 Å². The van der Waals surface area contributed by atoms with Crippen molar-refractivity contribution in [2.75, 3.05) is 33.2 Å². The van der Waals surface area contributed by atoms with E-state index in [1.165, 1.54) is 11.3 Å². The molecule has 2 heterocycles. The van der Waals surface area contributed by atoms with Crippen LogP contribution in [0.3, 0.4) is 0 Å². The number of nitrogens with zero attached hydrogens (tertiary/aromatic N) is 2. The molecule has 0 aliphatic carbocycles. The molecule has 1 aliphatic heterocycles. The summed E-state index contributed by atoms with van der Waals surface area (Å²) in [4.78, 5) is 3.73. The Kier molecular flexibility index (Phi) is 5.79. The fourth-order valence-corrected chi connectivity index (χ4v) is 5.48. The third-order valence-corrected chi connectivity index (χ3v) is 7.18. The number of piperazine rings is 1. The van der Waals surface area contributed by atoms with E-state index >= 15 is 0 Å². The molecule has 1 saturated heterocycles. The van der Waals surface area contributed by atoms with Gasteiger partial charge in [-0.05, 0) is 31.8 Å². The molecule has 0 spiro atoms. The highest BCUT2D eigenvalue weighted by Crippen LogP contribution is 2.26. The zero-order valence-electron chi connectivity index (χ0n) is 13.0. The predicted octanol–water partition coefficient (Wildman–Crippen LogP) is 1.57. The van der Waals surface area contributed by atoms with E-state index in [0.717, 1.165) is 24.4 Å². The number of sulfonamides is 1. The van der Waals surface area contributed by atoms with Crippen molar-refractivity contribution >= 4 is 21.4 Å². The molecule has 0 aromatic carbocycles. The summed E-state index contributed by atoms with van der Waals surface area (Å²) in [5.74, 6) is 0. The van der Waals surface area contributed by atoms with Crippen molar-refractivity contribution in [2.24, 2.45) is 0 Å². The van der Waals surface area contributed by atoms with Crippen molar-refractivity contribution in [3.63, 3.8) is 0 Å². The standard InChI is InChI=1S/C14H25N3O2S2/c1-4-12(2)16-6-8-17(9-7-16)21(18,19)14-5-10-20-13(14)11-15-3/h5,10,12,15H,4,6-9,11H2,1-3H3. The van der Waals surface area contributed by atoms with Crippen LogP contribution in [-0.2, 0) is 16.6 Å². The van der Waals surface area contributed by atoms with Crippen molar-refractivity contribution in [3.8, 4) is 0 Å². The van der Waals surface area contributed by atoms with Gasteiger partial charge < -0.3 is 5.32 Å². The summed E-state index contributed by atoms with van der Waals surface area (Å²) in [5, 5.41) is 4.89. The Bertz CT molecular complexity index is 548. The monoisotopic (exact) mass is 331 g/mol. The summed E-state index contributed by atoms with van der Waals surface area (Å²) in [7, 11) is -1.52. The van der Waals surface area contributed by atoms with E-state index in [-0.39, 0.29) is 0 Å². The quantitative estimate of drug-likeness (QED) is 0.860. The molecule has 1 aromatic heterocycles. The van der Waals surface area contributed by atoms with Gasteiger partial charge in [-0.15, -0.1) is 11.3 Å². The Balaban J connectivity index is 2.09. The van der Waals surface area contributed by atoms with Crippen LogP contribution < -0.4 is 5.32 Å². The van der Waals surface area contributed by atoms with Crippen LogP contribution in [0.4, 0.5) is 0 Å². The fraction of sp³-hybridized carbons (Fsp3) is 0.714. The molecule has 1 N–H and O–H groups in total. The number of thiophene rings is 1. The second-order valence-corrected chi connectivity index (χ2v) is 8.34. The Morgan fingerprint density at radius 1 is 1.33 bits per heavy atom. The van der Waals surface area contributed by atoms with Crippen LogP contribution in [0.2, 0.25) is 0 Å². The van der Waals surface area contributed by atoms with E-state index in [1.807, 2.05) is 12.4 Å². The van der Waals surface area contributed by atoms with Crippen molar-refractivity contribution in [1.82, 2.24) is 14.5 Å². The molecule has 1 fully saturated rings. The van der Waals surface area contributed by atoms with Crippen molar-refractivity contribution in [1.29, 1.82) is 0 Å². The SMILES string of the molecule is CCC(C)N1CCN(S(=O)(=O)c2ccsc2CNC)CC1. The lowest BCUT2D eigenvalue weighted by Crippen LogP contribution is -2.51. The molecule has 5 nitrogen and oxygen atoms in total. The molecule has 1 aliphatic rings. The van der Waals surface area contributed by atoms with Gasteiger partial charge in [-0.25, -0.2) is 8.42 Å². The van der Waals surface area contributed by atoms with Gasteiger partial charge in [0.2, 0.25) is 10.0 Å². The van der Waals surface area contributed by atoms with Crippen molar-refractivity contribution in [2.45, 2.75) is 37.8 Å². The van der Waals surface area contributed by atoms with Crippen LogP contribution in [0.1, 0.15) is 25.1 Å². The van der Waals surface area contributed by atoms with Crippen LogP contribution in [0.15, 0.2) is 16.3 Å². The minimum Gasteiger partial charge on any atom is -0.315 e. The highest BCUT2D eigenvalue weighted by Gasteiger charge is 2.31. The van der Waals surface area contributed by atoms with E-state index in [2.05, 4.69) is 24.1 Å². The average Bonchev–Trinajstić information content (AvgIpc) is 2.96. The molecule has 1 aromatic rings. The van der Waals surface area contributed by atoms with Crippen LogP contribution in [0.5, 0.6) is 0 Å². The third kappa shape index (κ3) is 3.65. The molecule has 120 valence electrons. The highest BCUT2D eigenvalue weighted by atomic mass is 32.2. The average molecular weight is 332 g/mol. The van der Waals surface area contributed by atoms with E-state index in [9.17, 15) is 8.42 Å². The predicted molar refractivity (Wildman–Crippen MR) is 87.2 cm³/mol. The summed E-state index contributed by atoms with van der Waals surface area (Å²) >= 11 is 1.50. The third-order valence-electron chi connectivity index (χ3n) is 4.15. The van der Waals surface area contributed by atoms with Crippen LogP contribution >= 0.6 is 11.3 Å². The van der Waals surface area contributed by atoms with Gasteiger partial charge in [0, 0.05) is 43.6 Å². The molecule has 1 atom stereocenters. The number of rotatable bonds is 6. The van der Waals surface area contributed by atoms with Crippen molar-refractivity contribution in [3.05, 3.63) is 16.3 Å². The molecule has 7 heteroatoms. The molecule has 0 radical (unpaired) electrons. The molecule has 0 bridgehead atoms. The minimum atomic E-state index is -3.35. The normalized spacial score (nSPS) is 19.8. The second-order valence-electron chi connectivity index (χ2n) is 5.44. The minimum absolute atomic E-state index is 0.471. The maximum absolute atomic E-state index is 12.8. The van der Waals surface area contributed by atoms with Gasteiger partial charge >= 0.3 is 0 Å². The fourth-order valence-electron chi connectivity index (χ4n) is 2.63. The molecule has 0 amide bonds. The van der Waals surface area contributed by atoms with E-state index < -0.39 is 10.0 Å². The van der Waals surface area contributed by atoms with Crippen LogP contribution in [-0.4, -0.2) is 56.9 Å². The summed E-state index contributed by atoms with van der Waals surface area (Å²) in [6.07, 6.45) is 1.10. The summed E-state index contributed by atoms with van der Waals surface area (Å²) in [6.45, 7) is 7.78. The smallest absolute Gasteiger partial charge is 0.244 e. The highest BCUT2D eigenvalue weighted by molar-refractivity contribution is 7.89. The molecule has 1 unspecified atom stereocenters. The van der Waals surface area contributed by atoms with Gasteiger partial charge in [-0.1, -0.05) is 6.92 Å². The summed E-state index contributed by atoms with van der Waals surface area (Å²) < 4.78 is 27.2. The Morgan fingerprint density at radius 2 is 2.00 bits per heavy atom. The first-order chi connectivity index (χ1) is 10.0. The lowest BCUT2D eigenvalue weighted by atomic mass is 10.2. The van der Waals surface area contributed by atoms with Gasteiger partial charge in [0.05, 0.1) is 4.90 Å². The Labute approximate surface area is 132 Å². The summed E-state index contributed by atoms with van der Waals surface area (Å²) in [5.41, 5.74) is 0. The zero-order chi connectivity index (χ0) is 15.5. The Morgan fingerprint density at radius 3 is 2.57 bits per heavy atom. The molecule has 0 saturated carbocycles. The lowest BCUT2D eigenvalue weighted by Gasteiger charge is -2.37. The van der Waals surface area contributed by atoms with Gasteiger partial charge in [0.15, 0.2) is 0 Å². The largest absolute Gasteiger partial charge is 0.315 e.